The summed E-state index contributed by atoms with van der Waals surface area (Å²) in [5.74, 6) is 1.71. The number of ether oxygens (including phenoxy) is 3. The molecule has 0 spiro atoms. The van der Waals surface area contributed by atoms with Crippen molar-refractivity contribution in [1.82, 2.24) is 15.0 Å². The van der Waals surface area contributed by atoms with Gasteiger partial charge < -0.3 is 23.6 Å². The first kappa shape index (κ1) is 21.6. The fourth-order valence-corrected chi connectivity index (χ4v) is 3.87. The van der Waals surface area contributed by atoms with Crippen LogP contribution in [0.25, 0.3) is 11.4 Å². The van der Waals surface area contributed by atoms with Gasteiger partial charge in [-0.1, -0.05) is 5.16 Å². The van der Waals surface area contributed by atoms with Crippen LogP contribution in [0.1, 0.15) is 35.0 Å². The van der Waals surface area contributed by atoms with Gasteiger partial charge in [0.25, 0.3) is 5.91 Å². The van der Waals surface area contributed by atoms with Crippen LogP contribution < -0.4 is 14.2 Å². The number of benzene rings is 2. The van der Waals surface area contributed by atoms with Crippen molar-refractivity contribution < 1.29 is 27.9 Å². The normalized spacial score (nSPS) is 16.0. The van der Waals surface area contributed by atoms with Crippen LogP contribution in [0.3, 0.4) is 0 Å². The minimum atomic E-state index is -0.372. The highest BCUT2D eigenvalue weighted by Gasteiger charge is 2.29. The smallest absolute Gasteiger partial charge is 0.253 e. The van der Waals surface area contributed by atoms with Crippen LogP contribution in [-0.2, 0) is 0 Å². The van der Waals surface area contributed by atoms with Gasteiger partial charge >= 0.3 is 0 Å². The molecule has 3 aromatic rings. The number of amides is 1. The van der Waals surface area contributed by atoms with Crippen LogP contribution in [-0.4, -0.2) is 55.4 Å². The monoisotopic (exact) mass is 441 g/mol. The highest BCUT2D eigenvalue weighted by atomic mass is 19.1. The maximum Gasteiger partial charge on any atom is 0.253 e. The van der Waals surface area contributed by atoms with Crippen LogP contribution >= 0.6 is 0 Å². The predicted octanol–water partition coefficient (Wildman–Crippen LogP) is 3.92. The molecule has 0 unspecified atom stereocenters. The summed E-state index contributed by atoms with van der Waals surface area (Å²) in [7, 11) is 4.61. The van der Waals surface area contributed by atoms with E-state index in [0.717, 1.165) is 12.8 Å². The van der Waals surface area contributed by atoms with Crippen molar-refractivity contribution in [2.45, 2.75) is 18.8 Å². The summed E-state index contributed by atoms with van der Waals surface area (Å²) in [4.78, 5) is 19.1. The molecule has 32 heavy (non-hydrogen) atoms. The molecule has 2 aromatic carbocycles. The molecule has 0 bridgehead atoms. The molecule has 0 radical (unpaired) electrons. The van der Waals surface area contributed by atoms with Gasteiger partial charge in [-0.2, -0.15) is 4.98 Å². The van der Waals surface area contributed by atoms with E-state index in [2.05, 4.69) is 10.1 Å². The molecule has 9 heteroatoms. The lowest BCUT2D eigenvalue weighted by atomic mass is 9.97. The number of carbonyl (C=O) groups excluding carboxylic acids is 1. The molecule has 1 saturated heterocycles. The molecule has 8 nitrogen and oxygen atoms in total. The number of nitrogens with zero attached hydrogens (tertiary/aromatic N) is 3. The topological polar surface area (TPSA) is 86.9 Å². The molecular formula is C23H24FN3O5. The summed E-state index contributed by atoms with van der Waals surface area (Å²) < 4.78 is 34.9. The Labute approximate surface area is 184 Å². The number of aromatic nitrogens is 2. The number of hydrogen-bond donors (Lipinski definition) is 0. The zero-order valence-electron chi connectivity index (χ0n) is 18.1. The maximum atomic E-state index is 13.2. The Morgan fingerprint density at radius 3 is 2.41 bits per heavy atom. The highest BCUT2D eigenvalue weighted by Crippen LogP contribution is 2.41. The van der Waals surface area contributed by atoms with Gasteiger partial charge in [-0.3, -0.25) is 4.79 Å². The minimum Gasteiger partial charge on any atom is -0.493 e. The van der Waals surface area contributed by atoms with Gasteiger partial charge in [-0.05, 0) is 49.2 Å². The van der Waals surface area contributed by atoms with E-state index >= 15 is 0 Å². The first-order valence-electron chi connectivity index (χ1n) is 10.2. The third kappa shape index (κ3) is 4.23. The molecule has 168 valence electrons. The van der Waals surface area contributed by atoms with Crippen molar-refractivity contribution in [3.63, 3.8) is 0 Å². The second-order valence-electron chi connectivity index (χ2n) is 7.47. The Hall–Kier alpha value is -3.62. The van der Waals surface area contributed by atoms with Gasteiger partial charge in [0.15, 0.2) is 11.5 Å². The van der Waals surface area contributed by atoms with Crippen LogP contribution in [0, 0.1) is 5.82 Å². The van der Waals surface area contributed by atoms with Gasteiger partial charge in [-0.15, -0.1) is 0 Å². The lowest BCUT2D eigenvalue weighted by Gasteiger charge is -2.31. The average Bonchev–Trinajstić information content (AvgIpc) is 3.33. The van der Waals surface area contributed by atoms with E-state index in [1.54, 1.807) is 17.0 Å². The summed E-state index contributed by atoms with van der Waals surface area (Å²) >= 11 is 0. The zero-order valence-corrected chi connectivity index (χ0v) is 18.1. The average molecular weight is 441 g/mol. The van der Waals surface area contributed by atoms with E-state index in [4.69, 9.17) is 18.7 Å². The molecule has 1 amide bonds. The fraction of sp³-hybridized carbons (Fsp3) is 0.348. The van der Waals surface area contributed by atoms with E-state index in [0.29, 0.717) is 53.2 Å². The lowest BCUT2D eigenvalue weighted by Crippen LogP contribution is -2.39. The van der Waals surface area contributed by atoms with Crippen molar-refractivity contribution in [1.29, 1.82) is 0 Å². The Balaban J connectivity index is 1.54. The zero-order chi connectivity index (χ0) is 22.7. The molecule has 0 N–H and O–H groups in total. The summed E-state index contributed by atoms with van der Waals surface area (Å²) in [5.41, 5.74) is 1.11. The standard InChI is InChI=1S/C23H24FN3O5/c1-29-18-11-16(12-19(30-2)20(18)31-3)21-25-22(32-26-21)15-5-4-10-27(13-15)23(28)14-6-8-17(24)9-7-14/h6-9,11-12,15H,4-5,10,13H2,1-3H3/t15-/m0/s1. The van der Waals surface area contributed by atoms with Gasteiger partial charge in [0, 0.05) is 24.2 Å². The van der Waals surface area contributed by atoms with E-state index in [1.165, 1.54) is 45.6 Å². The molecule has 0 saturated carbocycles. The van der Waals surface area contributed by atoms with Crippen molar-refractivity contribution in [3.8, 4) is 28.6 Å². The van der Waals surface area contributed by atoms with Crippen LogP contribution in [0.4, 0.5) is 4.39 Å². The van der Waals surface area contributed by atoms with Crippen LogP contribution in [0.5, 0.6) is 17.2 Å². The second-order valence-corrected chi connectivity index (χ2v) is 7.47. The number of carbonyl (C=O) groups is 1. The Bertz CT molecular complexity index is 1070. The largest absolute Gasteiger partial charge is 0.493 e. The van der Waals surface area contributed by atoms with E-state index in [9.17, 15) is 9.18 Å². The summed E-state index contributed by atoms with van der Waals surface area (Å²) in [6, 6.07) is 9.07. The predicted molar refractivity (Wildman–Crippen MR) is 114 cm³/mol. The highest BCUT2D eigenvalue weighted by molar-refractivity contribution is 5.94. The van der Waals surface area contributed by atoms with Crippen LogP contribution in [0.2, 0.25) is 0 Å². The molecule has 1 aliphatic rings. The summed E-state index contributed by atoms with van der Waals surface area (Å²) in [6.07, 6.45) is 1.63. The second kappa shape index (κ2) is 9.25. The van der Waals surface area contributed by atoms with Gasteiger partial charge in [0.1, 0.15) is 5.82 Å². The number of likely N-dealkylation sites (tertiary alicyclic amines) is 1. The Morgan fingerprint density at radius 1 is 1.09 bits per heavy atom. The third-order valence-corrected chi connectivity index (χ3v) is 5.51. The Kier molecular flexibility index (Phi) is 6.25. The molecule has 4 rings (SSSR count). The van der Waals surface area contributed by atoms with Crippen molar-refractivity contribution >= 4 is 5.91 Å². The number of hydrogen-bond acceptors (Lipinski definition) is 7. The van der Waals surface area contributed by atoms with Gasteiger partial charge in [0.2, 0.25) is 17.5 Å². The molecule has 1 atom stereocenters. The van der Waals surface area contributed by atoms with Crippen molar-refractivity contribution in [2.24, 2.45) is 0 Å². The molecule has 1 aromatic heterocycles. The van der Waals surface area contributed by atoms with Crippen LogP contribution in [0.15, 0.2) is 40.9 Å². The lowest BCUT2D eigenvalue weighted by molar-refractivity contribution is 0.0695. The van der Waals surface area contributed by atoms with Gasteiger partial charge in [-0.25, -0.2) is 4.39 Å². The van der Waals surface area contributed by atoms with Crippen molar-refractivity contribution in [2.75, 3.05) is 34.4 Å². The maximum absolute atomic E-state index is 13.2. The van der Waals surface area contributed by atoms with Crippen molar-refractivity contribution in [3.05, 3.63) is 53.7 Å². The first-order chi connectivity index (χ1) is 15.5. The molecule has 1 fully saturated rings. The number of halogens is 1. The van der Waals surface area contributed by atoms with E-state index in [1.807, 2.05) is 0 Å². The van der Waals surface area contributed by atoms with Gasteiger partial charge in [0.05, 0.1) is 27.2 Å². The first-order valence-corrected chi connectivity index (χ1v) is 10.2. The van der Waals surface area contributed by atoms with E-state index < -0.39 is 0 Å². The molecule has 2 heterocycles. The summed E-state index contributed by atoms with van der Waals surface area (Å²) in [5, 5.41) is 4.12. The number of rotatable bonds is 6. The minimum absolute atomic E-state index is 0.0866. The third-order valence-electron chi connectivity index (χ3n) is 5.51. The molecular weight excluding hydrogens is 417 g/mol. The number of methoxy groups -OCH3 is 3. The molecule has 0 aliphatic carbocycles. The number of piperidine rings is 1. The molecule has 1 aliphatic heterocycles. The summed E-state index contributed by atoms with van der Waals surface area (Å²) in [6.45, 7) is 1.08. The Morgan fingerprint density at radius 2 is 1.78 bits per heavy atom. The fourth-order valence-electron chi connectivity index (χ4n) is 3.87. The van der Waals surface area contributed by atoms with E-state index in [-0.39, 0.29) is 17.6 Å². The SMILES string of the molecule is COc1cc(-c2noc([C@H]3CCCN(C(=O)c4ccc(F)cc4)C3)n2)cc(OC)c1OC. The quantitative estimate of drug-likeness (QED) is 0.573.